The molecule has 2 fully saturated rings. The van der Waals surface area contributed by atoms with Crippen LogP contribution in [0.4, 0.5) is 0 Å². The lowest BCUT2D eigenvalue weighted by Gasteiger charge is -2.49. The largest absolute Gasteiger partial charge is 0.477 e. The van der Waals surface area contributed by atoms with E-state index in [-0.39, 0.29) is 27.9 Å². The minimum absolute atomic E-state index is 0.0755. The molecular weight excluding hydrogens is 382 g/mol. The highest BCUT2D eigenvalue weighted by molar-refractivity contribution is 8.00. The Hall–Kier alpha value is -2.23. The Labute approximate surface area is 167 Å². The van der Waals surface area contributed by atoms with E-state index in [4.69, 9.17) is 11.3 Å². The number of carboxylic acid groups (broad SMARTS) is 1. The van der Waals surface area contributed by atoms with E-state index in [1.54, 1.807) is 13.3 Å². The standard InChI is InChI=1S/C17H25N7O3S/c1-10-12(21-22-19)14(17(26)27)24-15(25)13(16(24)28-10)20-9-23-7-4-11(5-8-23)3-2-6-18/h9-11,13,16H,2-8,18H2,1H3,(H,26,27)/t10?,13?,16-/m1/s1. The maximum Gasteiger partial charge on any atom is 0.352 e. The first-order chi connectivity index (χ1) is 13.5. The molecule has 3 N–H and O–H groups in total. The normalized spacial score (nSPS) is 28.2. The number of thioether (sulfide) groups is 1. The highest BCUT2D eigenvalue weighted by atomic mass is 32.2. The molecule has 0 radical (unpaired) electrons. The number of β-lactam (4-membered cyclic amide) rings is 1. The van der Waals surface area contributed by atoms with Gasteiger partial charge in [0.05, 0.1) is 12.0 Å². The number of fused-ring (bicyclic) bond motifs is 1. The van der Waals surface area contributed by atoms with Gasteiger partial charge in [-0.05, 0) is 50.6 Å². The zero-order valence-corrected chi connectivity index (χ0v) is 16.6. The average molecular weight is 408 g/mol. The Morgan fingerprint density at radius 1 is 1.46 bits per heavy atom. The van der Waals surface area contributed by atoms with Crippen molar-refractivity contribution in [2.75, 3.05) is 19.6 Å². The molecular formula is C17H25N7O3S. The van der Waals surface area contributed by atoms with Crippen molar-refractivity contribution in [2.24, 2.45) is 21.8 Å². The van der Waals surface area contributed by atoms with Gasteiger partial charge in [0.1, 0.15) is 11.1 Å². The Kier molecular flexibility index (Phi) is 6.48. The van der Waals surface area contributed by atoms with Gasteiger partial charge in [-0.2, -0.15) is 0 Å². The van der Waals surface area contributed by atoms with E-state index in [1.807, 2.05) is 0 Å². The number of rotatable bonds is 7. The van der Waals surface area contributed by atoms with E-state index < -0.39 is 12.0 Å². The second kappa shape index (κ2) is 8.85. The van der Waals surface area contributed by atoms with Crippen LogP contribution in [0, 0.1) is 5.92 Å². The summed E-state index contributed by atoms with van der Waals surface area (Å²) in [6.07, 6.45) is 6.13. The SMILES string of the molecule is CC1S[C@@H]2C(N=CN3CCC(CCCN)CC3)C(=O)N2C(C(=O)O)=C1N=[N+]=[N-]. The van der Waals surface area contributed by atoms with E-state index in [0.717, 1.165) is 45.3 Å². The summed E-state index contributed by atoms with van der Waals surface area (Å²) in [4.78, 5) is 34.7. The highest BCUT2D eigenvalue weighted by Crippen LogP contribution is 2.45. The Morgan fingerprint density at radius 2 is 2.18 bits per heavy atom. The molecule has 2 saturated heterocycles. The molecule has 152 valence electrons. The van der Waals surface area contributed by atoms with Crippen molar-refractivity contribution in [3.63, 3.8) is 0 Å². The van der Waals surface area contributed by atoms with Crippen LogP contribution in [0.1, 0.15) is 32.6 Å². The maximum atomic E-state index is 12.5. The number of carbonyl (C=O) groups is 2. The summed E-state index contributed by atoms with van der Waals surface area (Å²) >= 11 is 1.39. The number of aliphatic imine (C=N–C) groups is 1. The fourth-order valence-electron chi connectivity index (χ4n) is 3.87. The van der Waals surface area contributed by atoms with Gasteiger partial charge < -0.3 is 15.7 Å². The summed E-state index contributed by atoms with van der Waals surface area (Å²) in [6.45, 7) is 4.30. The Balaban J connectivity index is 1.65. The van der Waals surface area contributed by atoms with Crippen molar-refractivity contribution in [2.45, 2.75) is 49.3 Å². The number of carboxylic acids is 1. The first-order valence-electron chi connectivity index (χ1n) is 9.46. The topological polar surface area (TPSA) is 148 Å². The van der Waals surface area contributed by atoms with Gasteiger partial charge in [0.25, 0.3) is 5.91 Å². The predicted molar refractivity (Wildman–Crippen MR) is 106 cm³/mol. The zero-order valence-electron chi connectivity index (χ0n) is 15.8. The monoisotopic (exact) mass is 407 g/mol. The number of carbonyl (C=O) groups excluding carboxylic acids is 1. The first-order valence-corrected chi connectivity index (χ1v) is 10.4. The lowest BCUT2D eigenvalue weighted by atomic mass is 9.92. The van der Waals surface area contributed by atoms with E-state index in [1.165, 1.54) is 16.7 Å². The number of piperidine rings is 1. The number of hydrogen-bond donors (Lipinski definition) is 2. The number of nitrogens with two attached hydrogens (primary N) is 1. The zero-order chi connectivity index (χ0) is 20.3. The summed E-state index contributed by atoms with van der Waals surface area (Å²) in [6, 6.07) is -0.607. The van der Waals surface area contributed by atoms with E-state index in [0.29, 0.717) is 5.92 Å². The molecule has 11 heteroatoms. The molecule has 0 aromatic heterocycles. The van der Waals surface area contributed by atoms with Crippen LogP contribution in [0.3, 0.4) is 0 Å². The minimum atomic E-state index is -1.27. The van der Waals surface area contributed by atoms with E-state index in [2.05, 4.69) is 19.9 Å². The molecule has 2 unspecified atom stereocenters. The van der Waals surface area contributed by atoms with Crippen molar-refractivity contribution in [1.82, 2.24) is 9.80 Å². The average Bonchev–Trinajstić information content (AvgIpc) is 2.68. The number of aliphatic carboxylic acids is 1. The second-order valence-electron chi connectivity index (χ2n) is 7.23. The lowest BCUT2D eigenvalue weighted by molar-refractivity contribution is -0.147. The van der Waals surface area contributed by atoms with Crippen LogP contribution in [0.25, 0.3) is 10.4 Å². The minimum Gasteiger partial charge on any atom is -0.477 e. The molecule has 3 aliphatic heterocycles. The van der Waals surface area contributed by atoms with Crippen molar-refractivity contribution in [1.29, 1.82) is 0 Å². The first kappa shape index (κ1) is 20.5. The number of azide groups is 1. The second-order valence-corrected chi connectivity index (χ2v) is 8.69. The Morgan fingerprint density at radius 3 is 2.79 bits per heavy atom. The third kappa shape index (κ3) is 3.96. The van der Waals surface area contributed by atoms with Gasteiger partial charge in [0.15, 0.2) is 6.04 Å². The van der Waals surface area contributed by atoms with Crippen molar-refractivity contribution < 1.29 is 14.7 Å². The molecule has 0 aromatic carbocycles. The summed E-state index contributed by atoms with van der Waals surface area (Å²) in [5.74, 6) is -0.942. The summed E-state index contributed by atoms with van der Waals surface area (Å²) < 4.78 is 0. The van der Waals surface area contributed by atoms with Crippen LogP contribution in [0.15, 0.2) is 21.5 Å². The van der Waals surface area contributed by atoms with Crippen LogP contribution in [0.5, 0.6) is 0 Å². The Bertz CT molecular complexity index is 741. The molecule has 1 amide bonds. The van der Waals surface area contributed by atoms with Gasteiger partial charge in [0, 0.05) is 23.3 Å². The highest BCUT2D eigenvalue weighted by Gasteiger charge is 2.55. The van der Waals surface area contributed by atoms with Crippen LogP contribution < -0.4 is 5.73 Å². The predicted octanol–water partition coefficient (Wildman–Crippen LogP) is 1.74. The third-order valence-electron chi connectivity index (χ3n) is 5.44. The van der Waals surface area contributed by atoms with Gasteiger partial charge in [-0.3, -0.25) is 14.7 Å². The smallest absolute Gasteiger partial charge is 0.352 e. The van der Waals surface area contributed by atoms with Crippen LogP contribution in [-0.4, -0.2) is 69.4 Å². The molecule has 0 aliphatic carbocycles. The number of hydrogen-bond acceptors (Lipinski definition) is 6. The number of nitrogens with zero attached hydrogens (tertiary/aromatic N) is 6. The fourth-order valence-corrected chi connectivity index (χ4v) is 5.24. The number of likely N-dealkylation sites (tertiary alicyclic amines) is 1. The van der Waals surface area contributed by atoms with Crippen molar-refractivity contribution in [3.05, 3.63) is 21.8 Å². The van der Waals surface area contributed by atoms with Gasteiger partial charge in [-0.15, -0.1) is 11.8 Å². The van der Waals surface area contributed by atoms with Crippen LogP contribution >= 0.6 is 11.8 Å². The van der Waals surface area contributed by atoms with Gasteiger partial charge >= 0.3 is 5.97 Å². The molecule has 10 nitrogen and oxygen atoms in total. The van der Waals surface area contributed by atoms with Gasteiger partial charge in [-0.1, -0.05) is 5.11 Å². The van der Waals surface area contributed by atoms with Crippen molar-refractivity contribution in [3.8, 4) is 0 Å². The third-order valence-corrected chi connectivity index (χ3v) is 6.82. The van der Waals surface area contributed by atoms with Crippen LogP contribution in [-0.2, 0) is 9.59 Å². The summed E-state index contributed by atoms with van der Waals surface area (Å²) in [5, 5.41) is 12.3. The fraction of sp³-hybridized carbons (Fsp3) is 0.706. The van der Waals surface area contributed by atoms with Gasteiger partial charge in [-0.25, -0.2) is 4.79 Å². The molecule has 3 atom stereocenters. The van der Waals surface area contributed by atoms with E-state index in [9.17, 15) is 14.7 Å². The summed E-state index contributed by atoms with van der Waals surface area (Å²) in [5.41, 5.74) is 14.1. The molecule has 0 spiro atoms. The molecule has 0 bridgehead atoms. The molecule has 28 heavy (non-hydrogen) atoms. The van der Waals surface area contributed by atoms with E-state index >= 15 is 0 Å². The van der Waals surface area contributed by atoms with Crippen molar-refractivity contribution >= 4 is 30.0 Å². The molecule has 0 aromatic rings. The molecule has 3 heterocycles. The summed E-state index contributed by atoms with van der Waals surface area (Å²) in [7, 11) is 0. The van der Waals surface area contributed by atoms with Crippen LogP contribution in [0.2, 0.25) is 0 Å². The number of amides is 1. The molecule has 0 saturated carbocycles. The lowest BCUT2D eigenvalue weighted by Crippen LogP contribution is -2.64. The molecule has 3 aliphatic rings. The molecule has 3 rings (SSSR count). The maximum absolute atomic E-state index is 12.5. The quantitative estimate of drug-likeness (QED) is 0.164. The van der Waals surface area contributed by atoms with Gasteiger partial charge in [0.2, 0.25) is 0 Å².